The molecule has 1 atom stereocenters. The fraction of sp³-hybridized carbons (Fsp3) is 0.160. The number of hydrogen-bond acceptors (Lipinski definition) is 6. The van der Waals surface area contributed by atoms with E-state index >= 15 is 0 Å². The second kappa shape index (κ2) is 7.46. The van der Waals surface area contributed by atoms with Crippen LogP contribution in [0.25, 0.3) is 10.2 Å². The molecule has 0 saturated heterocycles. The molecule has 0 radical (unpaired) electrons. The molecule has 1 amide bonds. The maximum atomic E-state index is 13.3. The summed E-state index contributed by atoms with van der Waals surface area (Å²) in [7, 11) is 0. The molecule has 0 spiro atoms. The Balaban J connectivity index is 1.70. The number of rotatable bonds is 4. The maximum absolute atomic E-state index is 13.3. The average Bonchev–Trinajstić information content (AvgIpc) is 3.48. The first-order chi connectivity index (χ1) is 15.3. The molecule has 0 bridgehead atoms. The molecule has 1 aliphatic heterocycles. The van der Waals surface area contributed by atoms with E-state index in [4.69, 9.17) is 9.40 Å². The highest BCUT2D eigenvalue weighted by Crippen LogP contribution is 2.44. The van der Waals surface area contributed by atoms with Crippen molar-refractivity contribution in [3.63, 3.8) is 0 Å². The number of aliphatic hydroxyl groups is 1. The maximum Gasteiger partial charge on any atom is 0.296 e. The number of furan rings is 1. The van der Waals surface area contributed by atoms with E-state index in [2.05, 4.69) is 0 Å². The molecule has 160 valence electrons. The van der Waals surface area contributed by atoms with Crippen LogP contribution >= 0.6 is 11.3 Å². The number of aliphatic hydroxyl groups excluding tert-OH is 1. The first-order valence-corrected chi connectivity index (χ1v) is 11.0. The van der Waals surface area contributed by atoms with Gasteiger partial charge in [-0.2, -0.15) is 0 Å². The molecule has 4 aromatic rings. The molecule has 0 unspecified atom stereocenters. The van der Waals surface area contributed by atoms with Crippen molar-refractivity contribution in [1.82, 2.24) is 4.98 Å². The van der Waals surface area contributed by atoms with E-state index in [1.165, 1.54) is 28.6 Å². The van der Waals surface area contributed by atoms with E-state index in [0.29, 0.717) is 10.7 Å². The van der Waals surface area contributed by atoms with Crippen molar-refractivity contribution in [2.24, 2.45) is 0 Å². The van der Waals surface area contributed by atoms with Crippen LogP contribution < -0.4 is 4.90 Å². The number of carbonyl (C=O) groups excluding carboxylic acids is 2. The lowest BCUT2D eigenvalue weighted by Crippen LogP contribution is -2.30. The first kappa shape index (κ1) is 20.2. The zero-order valence-corrected chi connectivity index (χ0v) is 18.6. The Labute approximate surface area is 188 Å². The summed E-state index contributed by atoms with van der Waals surface area (Å²) in [6.07, 6.45) is 1.39. The Morgan fingerprint density at radius 3 is 2.53 bits per heavy atom. The van der Waals surface area contributed by atoms with Crippen molar-refractivity contribution in [2.75, 3.05) is 4.90 Å². The van der Waals surface area contributed by atoms with Gasteiger partial charge in [0.15, 0.2) is 16.7 Å². The lowest BCUT2D eigenvalue weighted by Gasteiger charge is -2.24. The number of carbonyl (C=O) groups is 2. The fourth-order valence-corrected chi connectivity index (χ4v) is 5.27. The topological polar surface area (TPSA) is 83.6 Å². The summed E-state index contributed by atoms with van der Waals surface area (Å²) < 4.78 is 6.22. The minimum absolute atomic E-state index is 0.0130. The lowest BCUT2D eigenvalue weighted by atomic mass is 9.94. The van der Waals surface area contributed by atoms with Gasteiger partial charge in [-0.3, -0.25) is 14.5 Å². The number of nitrogens with zero attached hydrogens (tertiary/aromatic N) is 2. The first-order valence-electron chi connectivity index (χ1n) is 10.1. The SMILES string of the molecule is Cc1ccc([C@H]2C(C(=O)c3ccco3)=C(O)C(=O)N2c2nc3c(C)cc(C)cc3s2)cc1. The number of benzene rings is 2. The number of aromatic nitrogens is 1. The molecule has 0 fully saturated rings. The summed E-state index contributed by atoms with van der Waals surface area (Å²) in [6.45, 7) is 5.95. The van der Waals surface area contributed by atoms with Crippen LogP contribution in [0.4, 0.5) is 5.13 Å². The molecule has 0 saturated carbocycles. The molecule has 5 rings (SSSR count). The van der Waals surface area contributed by atoms with Gasteiger partial charge in [0.05, 0.1) is 28.1 Å². The minimum Gasteiger partial charge on any atom is -0.503 e. The van der Waals surface area contributed by atoms with Crippen LogP contribution in [0.1, 0.15) is 38.9 Å². The molecule has 0 aliphatic carbocycles. The number of amides is 1. The highest BCUT2D eigenvalue weighted by atomic mass is 32.1. The number of ketones is 1. The highest BCUT2D eigenvalue weighted by molar-refractivity contribution is 7.22. The van der Waals surface area contributed by atoms with E-state index < -0.39 is 23.5 Å². The van der Waals surface area contributed by atoms with Gasteiger partial charge in [0.1, 0.15) is 0 Å². The van der Waals surface area contributed by atoms with Gasteiger partial charge >= 0.3 is 0 Å². The fourth-order valence-electron chi connectivity index (χ4n) is 4.10. The van der Waals surface area contributed by atoms with Gasteiger partial charge < -0.3 is 9.52 Å². The lowest BCUT2D eigenvalue weighted by molar-refractivity contribution is -0.117. The molecule has 3 heterocycles. The Morgan fingerprint density at radius 1 is 1.09 bits per heavy atom. The third-order valence-corrected chi connectivity index (χ3v) is 6.62. The van der Waals surface area contributed by atoms with Crippen molar-refractivity contribution < 1.29 is 19.1 Å². The highest BCUT2D eigenvalue weighted by Gasteiger charge is 2.46. The summed E-state index contributed by atoms with van der Waals surface area (Å²) >= 11 is 1.36. The van der Waals surface area contributed by atoms with Gasteiger partial charge in [0.25, 0.3) is 5.91 Å². The van der Waals surface area contributed by atoms with E-state index in [1.54, 1.807) is 6.07 Å². The van der Waals surface area contributed by atoms with Crippen LogP contribution in [-0.2, 0) is 4.79 Å². The van der Waals surface area contributed by atoms with Crippen LogP contribution in [0.2, 0.25) is 0 Å². The van der Waals surface area contributed by atoms with E-state index in [0.717, 1.165) is 26.9 Å². The number of anilines is 1. The van der Waals surface area contributed by atoms with Gasteiger partial charge in [0, 0.05) is 0 Å². The monoisotopic (exact) mass is 444 g/mol. The van der Waals surface area contributed by atoms with Crippen LogP contribution in [0, 0.1) is 20.8 Å². The molecule has 7 heteroatoms. The van der Waals surface area contributed by atoms with Gasteiger partial charge in [0.2, 0.25) is 5.78 Å². The Morgan fingerprint density at radius 2 is 1.84 bits per heavy atom. The Hall–Kier alpha value is -3.71. The van der Waals surface area contributed by atoms with E-state index in [1.807, 2.05) is 57.2 Å². The van der Waals surface area contributed by atoms with Gasteiger partial charge in [-0.05, 0) is 55.7 Å². The van der Waals surface area contributed by atoms with Crippen molar-refractivity contribution in [3.05, 3.63) is 94.1 Å². The quantitative estimate of drug-likeness (QED) is 0.414. The predicted molar refractivity (Wildman–Crippen MR) is 123 cm³/mol. The molecular weight excluding hydrogens is 424 g/mol. The van der Waals surface area contributed by atoms with Gasteiger partial charge in [-0.1, -0.05) is 47.2 Å². The minimum atomic E-state index is -0.817. The van der Waals surface area contributed by atoms with Crippen LogP contribution in [0.3, 0.4) is 0 Å². The number of thiazole rings is 1. The second-order valence-electron chi connectivity index (χ2n) is 7.98. The summed E-state index contributed by atoms with van der Waals surface area (Å²) in [4.78, 5) is 32.7. The molecule has 2 aromatic heterocycles. The van der Waals surface area contributed by atoms with Gasteiger partial charge in [-0.15, -0.1) is 0 Å². The van der Waals surface area contributed by atoms with Crippen molar-refractivity contribution in [3.8, 4) is 0 Å². The third kappa shape index (κ3) is 3.13. The molecule has 32 heavy (non-hydrogen) atoms. The average molecular weight is 445 g/mol. The Bertz CT molecular complexity index is 1400. The molecule has 6 nitrogen and oxygen atoms in total. The van der Waals surface area contributed by atoms with E-state index in [9.17, 15) is 14.7 Å². The third-order valence-electron chi connectivity index (χ3n) is 5.62. The van der Waals surface area contributed by atoms with Crippen LogP contribution in [0.5, 0.6) is 0 Å². The summed E-state index contributed by atoms with van der Waals surface area (Å²) in [6, 6.07) is 13.9. The summed E-state index contributed by atoms with van der Waals surface area (Å²) in [5.41, 5.74) is 4.64. The normalized spacial score (nSPS) is 16.4. The second-order valence-corrected chi connectivity index (χ2v) is 8.99. The molecule has 1 N–H and O–H groups in total. The smallest absolute Gasteiger partial charge is 0.296 e. The number of fused-ring (bicyclic) bond motifs is 1. The van der Waals surface area contributed by atoms with Gasteiger partial charge in [-0.25, -0.2) is 4.98 Å². The van der Waals surface area contributed by atoms with Crippen molar-refractivity contribution in [1.29, 1.82) is 0 Å². The van der Waals surface area contributed by atoms with Crippen molar-refractivity contribution in [2.45, 2.75) is 26.8 Å². The van der Waals surface area contributed by atoms with Crippen molar-refractivity contribution >= 4 is 38.4 Å². The molecule has 1 aliphatic rings. The molecule has 2 aromatic carbocycles. The number of aryl methyl sites for hydroxylation is 3. The largest absolute Gasteiger partial charge is 0.503 e. The Kier molecular flexibility index (Phi) is 4.71. The zero-order valence-electron chi connectivity index (χ0n) is 17.7. The molecular formula is C25H20N2O4S. The predicted octanol–water partition coefficient (Wildman–Crippen LogP) is 5.60. The van der Waals surface area contributed by atoms with Crippen LogP contribution in [-0.4, -0.2) is 21.8 Å². The number of hydrogen-bond donors (Lipinski definition) is 1. The van der Waals surface area contributed by atoms with Crippen LogP contribution in [0.15, 0.2) is 70.5 Å². The number of Topliss-reactive ketones (excluding diaryl/α,β-unsaturated/α-hetero) is 1. The summed E-state index contributed by atoms with van der Waals surface area (Å²) in [5.74, 6) is -1.70. The standard InChI is InChI=1S/C25H20N2O4S/c1-13-6-8-16(9-7-13)21-19(22(28)17-5-4-10-31-17)23(29)24(30)27(21)25-26-20-15(3)11-14(2)12-18(20)32-25/h4-12,21,29H,1-3H3/t21-/m0/s1. The summed E-state index contributed by atoms with van der Waals surface area (Å²) in [5, 5.41) is 11.2. The van der Waals surface area contributed by atoms with E-state index in [-0.39, 0.29) is 11.3 Å². The zero-order chi connectivity index (χ0) is 22.6.